The molecule has 1 amide bonds. The maximum Gasteiger partial charge on any atom is 0.251 e. The number of aryl methyl sites for hydroxylation is 1. The van der Waals surface area contributed by atoms with E-state index in [0.717, 1.165) is 31.2 Å². The highest BCUT2D eigenvalue weighted by Gasteiger charge is 2.26. The van der Waals surface area contributed by atoms with Crippen LogP contribution in [0.25, 0.3) is 0 Å². The minimum Gasteiger partial charge on any atom is -0.345 e. The van der Waals surface area contributed by atoms with Crippen LogP contribution in [-0.4, -0.2) is 31.7 Å². The number of nitrogens with zero attached hydrogens (tertiary/aromatic N) is 1. The molecule has 0 saturated carbocycles. The molecule has 1 unspecified atom stereocenters. The van der Waals surface area contributed by atoms with Crippen LogP contribution in [0.3, 0.4) is 0 Å². The summed E-state index contributed by atoms with van der Waals surface area (Å²) in [5.74, 6) is -0.261. The fourth-order valence-corrected chi connectivity index (χ4v) is 5.08. The zero-order valence-electron chi connectivity index (χ0n) is 16.5. The molecule has 2 aromatic rings. The van der Waals surface area contributed by atoms with Gasteiger partial charge in [-0.2, -0.15) is 4.31 Å². The van der Waals surface area contributed by atoms with Crippen LogP contribution >= 0.6 is 0 Å². The number of carbonyl (C=O) groups is 1. The molecule has 0 spiro atoms. The van der Waals surface area contributed by atoms with Gasteiger partial charge in [-0.3, -0.25) is 4.79 Å². The van der Waals surface area contributed by atoms with Crippen molar-refractivity contribution in [2.75, 3.05) is 13.1 Å². The first-order valence-electron chi connectivity index (χ1n) is 9.89. The number of rotatable bonds is 6. The molecule has 1 aliphatic rings. The van der Waals surface area contributed by atoms with Crippen LogP contribution in [0, 0.1) is 6.92 Å². The van der Waals surface area contributed by atoms with Crippen LogP contribution < -0.4 is 5.32 Å². The Morgan fingerprint density at radius 1 is 1.07 bits per heavy atom. The van der Waals surface area contributed by atoms with E-state index < -0.39 is 10.0 Å². The predicted octanol–water partition coefficient (Wildman–Crippen LogP) is 4.05. The Balaban J connectivity index is 1.78. The Hall–Kier alpha value is -2.18. The highest BCUT2D eigenvalue weighted by Crippen LogP contribution is 2.22. The second-order valence-corrected chi connectivity index (χ2v) is 9.28. The lowest BCUT2D eigenvalue weighted by Gasteiger charge is -2.26. The quantitative estimate of drug-likeness (QED) is 0.795. The average molecular weight is 401 g/mol. The summed E-state index contributed by atoms with van der Waals surface area (Å²) >= 11 is 0. The highest BCUT2D eigenvalue weighted by atomic mass is 32.2. The molecule has 0 aromatic heterocycles. The normalized spacial score (nSPS) is 16.5. The third-order valence-electron chi connectivity index (χ3n) is 5.24. The van der Waals surface area contributed by atoms with Gasteiger partial charge >= 0.3 is 0 Å². The lowest BCUT2D eigenvalue weighted by atomic mass is 10.0. The van der Waals surface area contributed by atoms with Gasteiger partial charge in [0.25, 0.3) is 5.91 Å². The van der Waals surface area contributed by atoms with Gasteiger partial charge in [0.2, 0.25) is 10.0 Å². The Morgan fingerprint density at radius 2 is 1.75 bits per heavy atom. The topological polar surface area (TPSA) is 66.5 Å². The van der Waals surface area contributed by atoms with E-state index in [9.17, 15) is 13.2 Å². The molecule has 150 valence electrons. The summed E-state index contributed by atoms with van der Waals surface area (Å²) in [5, 5.41) is 3.03. The van der Waals surface area contributed by atoms with E-state index >= 15 is 0 Å². The Labute approximate surface area is 167 Å². The van der Waals surface area contributed by atoms with Gasteiger partial charge in [-0.05, 0) is 49.9 Å². The summed E-state index contributed by atoms with van der Waals surface area (Å²) in [5.41, 5.74) is 2.57. The van der Waals surface area contributed by atoms with Gasteiger partial charge in [0, 0.05) is 18.7 Å². The number of benzene rings is 2. The molecule has 0 radical (unpaired) electrons. The lowest BCUT2D eigenvalue weighted by molar-refractivity contribution is 0.0935. The fraction of sp³-hybridized carbons (Fsp3) is 0.409. The zero-order valence-corrected chi connectivity index (χ0v) is 17.3. The summed E-state index contributed by atoms with van der Waals surface area (Å²) in [7, 11) is -3.56. The molecule has 0 aliphatic carbocycles. The van der Waals surface area contributed by atoms with Crippen molar-refractivity contribution in [3.63, 3.8) is 0 Å². The van der Waals surface area contributed by atoms with Crippen LogP contribution in [0.5, 0.6) is 0 Å². The lowest BCUT2D eigenvalue weighted by Crippen LogP contribution is -2.35. The molecule has 1 atom stereocenters. The van der Waals surface area contributed by atoms with Gasteiger partial charge in [-0.25, -0.2) is 8.42 Å². The van der Waals surface area contributed by atoms with Gasteiger partial charge in [-0.15, -0.1) is 0 Å². The maximum atomic E-state index is 12.9. The van der Waals surface area contributed by atoms with Gasteiger partial charge in [-0.1, -0.05) is 49.2 Å². The number of sulfonamides is 1. The van der Waals surface area contributed by atoms with Gasteiger partial charge in [0.15, 0.2) is 0 Å². The third kappa shape index (κ3) is 4.62. The average Bonchev–Trinajstić information content (AvgIpc) is 2.73. The molecule has 1 N–H and O–H groups in total. The summed E-state index contributed by atoms with van der Waals surface area (Å²) in [6.07, 6.45) is 3.58. The van der Waals surface area contributed by atoms with E-state index in [-0.39, 0.29) is 16.8 Å². The third-order valence-corrected chi connectivity index (χ3v) is 7.14. The Morgan fingerprint density at radius 3 is 2.39 bits per heavy atom. The molecule has 28 heavy (non-hydrogen) atoms. The van der Waals surface area contributed by atoms with Crippen molar-refractivity contribution in [1.29, 1.82) is 0 Å². The largest absolute Gasteiger partial charge is 0.345 e. The second-order valence-electron chi connectivity index (χ2n) is 7.34. The second kappa shape index (κ2) is 8.88. The molecule has 2 aromatic carbocycles. The number of piperidine rings is 1. The molecule has 0 bridgehead atoms. The minimum atomic E-state index is -3.56. The van der Waals surface area contributed by atoms with Gasteiger partial charge in [0.1, 0.15) is 0 Å². The summed E-state index contributed by atoms with van der Waals surface area (Å²) in [6.45, 7) is 5.13. The highest BCUT2D eigenvalue weighted by molar-refractivity contribution is 7.89. The van der Waals surface area contributed by atoms with Crippen molar-refractivity contribution < 1.29 is 13.2 Å². The number of hydrogen-bond acceptors (Lipinski definition) is 3. The zero-order chi connectivity index (χ0) is 20.1. The van der Waals surface area contributed by atoms with E-state index in [1.54, 1.807) is 18.2 Å². The van der Waals surface area contributed by atoms with E-state index in [0.29, 0.717) is 18.7 Å². The molecular formula is C22H28N2O3S. The molecule has 1 saturated heterocycles. The molecule has 1 heterocycles. The van der Waals surface area contributed by atoms with Crippen molar-refractivity contribution in [1.82, 2.24) is 9.62 Å². The van der Waals surface area contributed by atoms with Gasteiger partial charge in [0.05, 0.1) is 10.9 Å². The van der Waals surface area contributed by atoms with Crippen LogP contribution in [0.4, 0.5) is 0 Å². The summed E-state index contributed by atoms with van der Waals surface area (Å²) in [4.78, 5) is 13.0. The minimum absolute atomic E-state index is 0.115. The SMILES string of the molecule is CCC(NC(=O)c1cccc(S(=O)(=O)N2CCCCC2)c1)c1ccc(C)cc1. The Bertz CT molecular complexity index is 917. The predicted molar refractivity (Wildman–Crippen MR) is 111 cm³/mol. The molecular weight excluding hydrogens is 372 g/mol. The van der Waals surface area contributed by atoms with Crippen LogP contribution in [0.2, 0.25) is 0 Å². The molecule has 5 nitrogen and oxygen atoms in total. The van der Waals surface area contributed by atoms with E-state index in [2.05, 4.69) is 5.32 Å². The monoisotopic (exact) mass is 400 g/mol. The fourth-order valence-electron chi connectivity index (χ4n) is 3.51. The number of nitrogens with one attached hydrogen (secondary N) is 1. The molecule has 3 rings (SSSR count). The van der Waals surface area contributed by atoms with Crippen molar-refractivity contribution in [2.45, 2.75) is 50.5 Å². The van der Waals surface area contributed by atoms with Crippen molar-refractivity contribution >= 4 is 15.9 Å². The van der Waals surface area contributed by atoms with E-state index in [1.165, 1.54) is 15.9 Å². The van der Waals surface area contributed by atoms with Crippen molar-refractivity contribution in [3.05, 3.63) is 65.2 Å². The maximum absolute atomic E-state index is 12.9. The standard InChI is InChI=1S/C22H28N2O3S/c1-3-21(18-12-10-17(2)11-13-18)23-22(25)19-8-7-9-20(16-19)28(26,27)24-14-5-4-6-15-24/h7-13,16,21H,3-6,14-15H2,1-2H3,(H,23,25). The first-order chi connectivity index (χ1) is 13.4. The molecule has 1 aliphatic heterocycles. The van der Waals surface area contributed by atoms with Crippen LogP contribution in [-0.2, 0) is 10.0 Å². The van der Waals surface area contributed by atoms with Crippen LogP contribution in [0.1, 0.15) is 60.1 Å². The number of amides is 1. The molecule has 6 heteroatoms. The van der Waals surface area contributed by atoms with Gasteiger partial charge < -0.3 is 5.32 Å². The van der Waals surface area contributed by atoms with E-state index in [4.69, 9.17) is 0 Å². The first-order valence-corrected chi connectivity index (χ1v) is 11.3. The number of hydrogen-bond donors (Lipinski definition) is 1. The van der Waals surface area contributed by atoms with Crippen molar-refractivity contribution in [3.8, 4) is 0 Å². The van der Waals surface area contributed by atoms with E-state index in [1.807, 2.05) is 38.1 Å². The summed E-state index contributed by atoms with van der Waals surface area (Å²) < 4.78 is 27.3. The molecule has 1 fully saturated rings. The Kier molecular flexibility index (Phi) is 6.52. The first kappa shape index (κ1) is 20.6. The number of carbonyl (C=O) groups excluding carboxylic acids is 1. The smallest absolute Gasteiger partial charge is 0.251 e. The van der Waals surface area contributed by atoms with Crippen LogP contribution in [0.15, 0.2) is 53.4 Å². The van der Waals surface area contributed by atoms with Crippen molar-refractivity contribution in [2.24, 2.45) is 0 Å². The summed E-state index contributed by atoms with van der Waals surface area (Å²) in [6, 6.07) is 14.3.